The molecule has 1 aliphatic heterocycles. The SMILES string of the molecule is COc1nc2ccccc2nc1N1C[C@H](C)O[C@@H](C)C1. The zero-order valence-electron chi connectivity index (χ0n) is 12.0. The van der Waals surface area contributed by atoms with E-state index in [1.165, 1.54) is 0 Å². The van der Waals surface area contributed by atoms with Crippen molar-refractivity contribution < 1.29 is 9.47 Å². The summed E-state index contributed by atoms with van der Waals surface area (Å²) >= 11 is 0. The van der Waals surface area contributed by atoms with Crippen LogP contribution in [0.25, 0.3) is 11.0 Å². The Hall–Kier alpha value is -1.88. The van der Waals surface area contributed by atoms with Gasteiger partial charge in [-0.25, -0.2) is 9.97 Å². The first-order valence-corrected chi connectivity index (χ1v) is 6.88. The topological polar surface area (TPSA) is 47.5 Å². The molecule has 0 spiro atoms. The van der Waals surface area contributed by atoms with Gasteiger partial charge in [0.2, 0.25) is 0 Å². The maximum atomic E-state index is 5.77. The van der Waals surface area contributed by atoms with Crippen LogP contribution in [-0.2, 0) is 4.74 Å². The number of benzene rings is 1. The fourth-order valence-corrected chi connectivity index (χ4v) is 2.67. The summed E-state index contributed by atoms with van der Waals surface area (Å²) in [6, 6.07) is 7.84. The van der Waals surface area contributed by atoms with Gasteiger partial charge in [-0.3, -0.25) is 0 Å². The zero-order valence-corrected chi connectivity index (χ0v) is 12.0. The van der Waals surface area contributed by atoms with Crippen molar-refractivity contribution in [2.75, 3.05) is 25.1 Å². The van der Waals surface area contributed by atoms with Crippen LogP contribution in [0.4, 0.5) is 5.82 Å². The Kier molecular flexibility index (Phi) is 3.44. The van der Waals surface area contributed by atoms with Gasteiger partial charge in [0.15, 0.2) is 5.82 Å². The Bertz CT molecular complexity index is 607. The second kappa shape index (κ2) is 5.25. The lowest BCUT2D eigenvalue weighted by molar-refractivity contribution is -0.00558. The molecule has 2 atom stereocenters. The average Bonchev–Trinajstić information content (AvgIpc) is 2.44. The molecule has 0 saturated carbocycles. The van der Waals surface area contributed by atoms with Gasteiger partial charge in [-0.2, -0.15) is 0 Å². The van der Waals surface area contributed by atoms with E-state index < -0.39 is 0 Å². The number of hydrogen-bond donors (Lipinski definition) is 0. The summed E-state index contributed by atoms with van der Waals surface area (Å²) in [5.41, 5.74) is 1.73. The molecule has 0 amide bonds. The molecule has 0 bridgehead atoms. The van der Waals surface area contributed by atoms with Gasteiger partial charge >= 0.3 is 0 Å². The fourth-order valence-electron chi connectivity index (χ4n) is 2.67. The Morgan fingerprint density at radius 2 is 1.70 bits per heavy atom. The van der Waals surface area contributed by atoms with Crippen molar-refractivity contribution in [1.82, 2.24) is 9.97 Å². The second-order valence-electron chi connectivity index (χ2n) is 5.21. The quantitative estimate of drug-likeness (QED) is 0.840. The summed E-state index contributed by atoms with van der Waals surface area (Å²) in [6.07, 6.45) is 0.355. The Balaban J connectivity index is 2.04. The van der Waals surface area contributed by atoms with E-state index in [2.05, 4.69) is 23.7 Å². The Morgan fingerprint density at radius 3 is 2.30 bits per heavy atom. The smallest absolute Gasteiger partial charge is 0.257 e. The Labute approximate surface area is 118 Å². The number of fused-ring (bicyclic) bond motifs is 1. The predicted molar refractivity (Wildman–Crippen MR) is 78.3 cm³/mol. The maximum absolute atomic E-state index is 5.77. The third-order valence-electron chi connectivity index (χ3n) is 3.43. The highest BCUT2D eigenvalue weighted by Gasteiger charge is 2.26. The summed E-state index contributed by atoms with van der Waals surface area (Å²) in [5.74, 6) is 1.37. The van der Waals surface area contributed by atoms with Crippen molar-refractivity contribution in [2.24, 2.45) is 0 Å². The molecule has 0 N–H and O–H groups in total. The highest BCUT2D eigenvalue weighted by Crippen LogP contribution is 2.28. The molecule has 3 rings (SSSR count). The number of rotatable bonds is 2. The first kappa shape index (κ1) is 13.1. The minimum absolute atomic E-state index is 0.178. The summed E-state index contributed by atoms with van der Waals surface area (Å²) in [6.45, 7) is 5.74. The molecule has 5 heteroatoms. The van der Waals surface area contributed by atoms with Crippen molar-refractivity contribution in [2.45, 2.75) is 26.1 Å². The van der Waals surface area contributed by atoms with Crippen LogP contribution in [0.15, 0.2) is 24.3 Å². The van der Waals surface area contributed by atoms with Gasteiger partial charge in [0.25, 0.3) is 5.88 Å². The number of nitrogens with zero attached hydrogens (tertiary/aromatic N) is 3. The van der Waals surface area contributed by atoms with Gasteiger partial charge in [0.05, 0.1) is 30.4 Å². The molecule has 20 heavy (non-hydrogen) atoms. The molecule has 1 aromatic heterocycles. The third kappa shape index (κ3) is 2.41. The molecule has 1 fully saturated rings. The van der Waals surface area contributed by atoms with Gasteiger partial charge in [-0.15, -0.1) is 0 Å². The van der Waals surface area contributed by atoms with Crippen molar-refractivity contribution in [3.8, 4) is 5.88 Å². The molecule has 0 unspecified atom stereocenters. The van der Waals surface area contributed by atoms with Crippen LogP contribution in [0.5, 0.6) is 5.88 Å². The van der Waals surface area contributed by atoms with Gasteiger partial charge in [0.1, 0.15) is 0 Å². The number of morpholine rings is 1. The number of hydrogen-bond acceptors (Lipinski definition) is 5. The van der Waals surface area contributed by atoms with Crippen LogP contribution in [0, 0.1) is 0 Å². The number of anilines is 1. The monoisotopic (exact) mass is 273 g/mol. The molecule has 0 radical (unpaired) electrons. The summed E-state index contributed by atoms with van der Waals surface area (Å²) in [4.78, 5) is 11.5. The molecule has 2 heterocycles. The highest BCUT2D eigenvalue weighted by atomic mass is 16.5. The summed E-state index contributed by atoms with van der Waals surface area (Å²) in [5, 5.41) is 0. The van der Waals surface area contributed by atoms with E-state index in [1.807, 2.05) is 24.3 Å². The van der Waals surface area contributed by atoms with E-state index in [1.54, 1.807) is 7.11 Å². The van der Waals surface area contributed by atoms with Crippen LogP contribution in [0.2, 0.25) is 0 Å². The lowest BCUT2D eigenvalue weighted by atomic mass is 10.2. The largest absolute Gasteiger partial charge is 0.478 e. The van der Waals surface area contributed by atoms with E-state index in [4.69, 9.17) is 14.5 Å². The number of methoxy groups -OCH3 is 1. The molecule has 2 aromatic rings. The van der Waals surface area contributed by atoms with E-state index in [9.17, 15) is 0 Å². The molecule has 1 aliphatic rings. The molecular weight excluding hydrogens is 254 g/mol. The minimum Gasteiger partial charge on any atom is -0.478 e. The van der Waals surface area contributed by atoms with Crippen LogP contribution in [0.3, 0.4) is 0 Å². The van der Waals surface area contributed by atoms with Gasteiger partial charge in [-0.05, 0) is 26.0 Å². The van der Waals surface area contributed by atoms with Gasteiger partial charge in [-0.1, -0.05) is 12.1 Å². The lowest BCUT2D eigenvalue weighted by Gasteiger charge is -2.36. The number of aromatic nitrogens is 2. The van der Waals surface area contributed by atoms with E-state index in [-0.39, 0.29) is 12.2 Å². The maximum Gasteiger partial charge on any atom is 0.257 e. The first-order chi connectivity index (χ1) is 9.67. The molecule has 1 saturated heterocycles. The standard InChI is InChI=1S/C15H19N3O2/c1-10-8-18(9-11(2)20-10)14-15(19-3)17-13-7-5-4-6-12(13)16-14/h4-7,10-11H,8-9H2,1-3H3/t10-,11-/m0/s1. The van der Waals surface area contributed by atoms with Crippen LogP contribution < -0.4 is 9.64 Å². The zero-order chi connectivity index (χ0) is 14.1. The molecular formula is C15H19N3O2. The van der Waals surface area contributed by atoms with Crippen LogP contribution >= 0.6 is 0 Å². The molecule has 0 aliphatic carbocycles. The molecule has 106 valence electrons. The summed E-state index contributed by atoms with van der Waals surface area (Å²) in [7, 11) is 1.63. The number of para-hydroxylation sites is 2. The lowest BCUT2D eigenvalue weighted by Crippen LogP contribution is -2.46. The summed E-state index contributed by atoms with van der Waals surface area (Å²) < 4.78 is 11.2. The van der Waals surface area contributed by atoms with Crippen molar-refractivity contribution >= 4 is 16.9 Å². The van der Waals surface area contributed by atoms with Crippen LogP contribution in [-0.4, -0.2) is 42.4 Å². The Morgan fingerprint density at radius 1 is 1.10 bits per heavy atom. The van der Waals surface area contributed by atoms with Crippen molar-refractivity contribution in [3.63, 3.8) is 0 Å². The van der Waals surface area contributed by atoms with E-state index in [0.717, 1.165) is 29.9 Å². The van der Waals surface area contributed by atoms with Gasteiger partial charge < -0.3 is 14.4 Å². The second-order valence-corrected chi connectivity index (χ2v) is 5.21. The van der Waals surface area contributed by atoms with Gasteiger partial charge in [0, 0.05) is 13.1 Å². The minimum atomic E-state index is 0.178. The van der Waals surface area contributed by atoms with E-state index >= 15 is 0 Å². The predicted octanol–water partition coefficient (Wildman–Crippen LogP) is 2.25. The third-order valence-corrected chi connectivity index (χ3v) is 3.43. The highest BCUT2D eigenvalue weighted by molar-refractivity contribution is 5.77. The normalized spacial score (nSPS) is 23.1. The average molecular weight is 273 g/mol. The van der Waals surface area contributed by atoms with E-state index in [0.29, 0.717) is 5.88 Å². The molecule has 1 aromatic carbocycles. The number of ether oxygens (including phenoxy) is 2. The molecule has 5 nitrogen and oxygen atoms in total. The fraction of sp³-hybridized carbons (Fsp3) is 0.467. The first-order valence-electron chi connectivity index (χ1n) is 6.88. The van der Waals surface area contributed by atoms with Crippen molar-refractivity contribution in [1.29, 1.82) is 0 Å². The van der Waals surface area contributed by atoms with Crippen molar-refractivity contribution in [3.05, 3.63) is 24.3 Å². The van der Waals surface area contributed by atoms with Crippen LogP contribution in [0.1, 0.15) is 13.8 Å².